The van der Waals surface area contributed by atoms with Gasteiger partial charge in [0.15, 0.2) is 5.96 Å². The lowest BCUT2D eigenvalue weighted by molar-refractivity contribution is -0.116. The highest BCUT2D eigenvalue weighted by atomic mass is 16.1. The maximum atomic E-state index is 12.0. The highest BCUT2D eigenvalue weighted by molar-refractivity contribution is 5.90. The smallest absolute Gasteiger partial charge is 0.227 e. The van der Waals surface area contributed by atoms with Gasteiger partial charge in [-0.1, -0.05) is 13.0 Å². The third kappa shape index (κ3) is 5.83. The Hall–Kier alpha value is -2.11. The van der Waals surface area contributed by atoms with Crippen LogP contribution in [0.2, 0.25) is 0 Å². The number of amides is 1. The summed E-state index contributed by atoms with van der Waals surface area (Å²) >= 11 is 0. The molecule has 2 rings (SSSR count). The number of pyridine rings is 1. The van der Waals surface area contributed by atoms with Crippen LogP contribution in [0.5, 0.6) is 0 Å². The van der Waals surface area contributed by atoms with Crippen molar-refractivity contribution in [3.05, 3.63) is 23.9 Å². The highest BCUT2D eigenvalue weighted by Gasteiger charge is 2.19. The van der Waals surface area contributed by atoms with Gasteiger partial charge in [0.1, 0.15) is 5.82 Å². The van der Waals surface area contributed by atoms with Crippen molar-refractivity contribution < 1.29 is 4.79 Å². The zero-order chi connectivity index (χ0) is 17.4. The predicted molar refractivity (Wildman–Crippen MR) is 98.2 cm³/mol. The number of piperidine rings is 1. The third-order valence-corrected chi connectivity index (χ3v) is 4.05. The lowest BCUT2D eigenvalue weighted by Crippen LogP contribution is -2.46. The molecule has 6 heteroatoms. The van der Waals surface area contributed by atoms with E-state index in [4.69, 9.17) is 0 Å². The Labute approximate surface area is 144 Å². The maximum Gasteiger partial charge on any atom is 0.227 e. The summed E-state index contributed by atoms with van der Waals surface area (Å²) in [6.07, 6.45) is 2.83. The van der Waals surface area contributed by atoms with E-state index < -0.39 is 0 Å². The van der Waals surface area contributed by atoms with Gasteiger partial charge in [0.2, 0.25) is 5.91 Å². The van der Waals surface area contributed by atoms with E-state index in [1.807, 2.05) is 19.1 Å². The van der Waals surface area contributed by atoms with E-state index in [0.29, 0.717) is 24.7 Å². The Morgan fingerprint density at radius 3 is 3.00 bits per heavy atom. The van der Waals surface area contributed by atoms with Crippen molar-refractivity contribution in [3.8, 4) is 0 Å². The van der Waals surface area contributed by atoms with Gasteiger partial charge in [0.05, 0.1) is 6.54 Å². The average Bonchev–Trinajstić information content (AvgIpc) is 2.54. The fourth-order valence-electron chi connectivity index (χ4n) is 2.89. The zero-order valence-electron chi connectivity index (χ0n) is 15.0. The van der Waals surface area contributed by atoms with Crippen molar-refractivity contribution >= 4 is 17.7 Å². The van der Waals surface area contributed by atoms with Crippen LogP contribution in [-0.2, 0) is 4.79 Å². The van der Waals surface area contributed by atoms with Crippen LogP contribution in [0, 0.1) is 12.8 Å². The molecule has 1 aliphatic rings. The molecule has 1 amide bonds. The van der Waals surface area contributed by atoms with Gasteiger partial charge < -0.3 is 15.5 Å². The third-order valence-electron chi connectivity index (χ3n) is 4.05. The first-order valence-corrected chi connectivity index (χ1v) is 8.85. The van der Waals surface area contributed by atoms with Crippen LogP contribution in [-0.4, -0.2) is 47.9 Å². The number of nitrogens with zero attached hydrogens (tertiary/aromatic N) is 3. The number of aromatic nitrogens is 1. The van der Waals surface area contributed by atoms with Gasteiger partial charge in [-0.15, -0.1) is 0 Å². The maximum absolute atomic E-state index is 12.0. The predicted octanol–water partition coefficient (Wildman–Crippen LogP) is 2.42. The first-order valence-electron chi connectivity index (χ1n) is 8.85. The summed E-state index contributed by atoms with van der Waals surface area (Å²) in [4.78, 5) is 23.2. The molecule has 1 aliphatic heterocycles. The summed E-state index contributed by atoms with van der Waals surface area (Å²) in [6.45, 7) is 9.63. The molecule has 0 aromatic carbocycles. The number of anilines is 1. The Bertz CT molecular complexity index is 572. The number of likely N-dealkylation sites (tertiary alicyclic amines) is 1. The molecule has 0 aliphatic carbocycles. The monoisotopic (exact) mass is 331 g/mol. The van der Waals surface area contributed by atoms with Crippen molar-refractivity contribution in [2.24, 2.45) is 10.9 Å². The first kappa shape index (κ1) is 18.2. The Kier molecular flexibility index (Phi) is 7.03. The largest absolute Gasteiger partial charge is 0.357 e. The second-order valence-corrected chi connectivity index (χ2v) is 6.39. The van der Waals surface area contributed by atoms with E-state index in [2.05, 4.69) is 39.4 Å². The lowest BCUT2D eigenvalue weighted by atomic mass is 10.0. The molecule has 132 valence electrons. The SMILES string of the molecule is CCNC(=NCCC(=O)Nc1cccc(C)n1)N1CCCC(C)C1. The molecule has 6 nitrogen and oxygen atoms in total. The van der Waals surface area contributed by atoms with Crippen molar-refractivity contribution in [1.29, 1.82) is 0 Å². The Balaban J connectivity index is 1.85. The number of hydrogen-bond donors (Lipinski definition) is 2. The second-order valence-electron chi connectivity index (χ2n) is 6.39. The molecule has 2 N–H and O–H groups in total. The fraction of sp³-hybridized carbons (Fsp3) is 0.611. The molecule has 24 heavy (non-hydrogen) atoms. The summed E-state index contributed by atoms with van der Waals surface area (Å²) < 4.78 is 0. The summed E-state index contributed by atoms with van der Waals surface area (Å²) in [6, 6.07) is 5.59. The van der Waals surface area contributed by atoms with Gasteiger partial charge in [-0.3, -0.25) is 9.79 Å². The van der Waals surface area contributed by atoms with E-state index in [1.165, 1.54) is 12.8 Å². The summed E-state index contributed by atoms with van der Waals surface area (Å²) in [5.74, 6) is 2.16. The van der Waals surface area contributed by atoms with Gasteiger partial charge >= 0.3 is 0 Å². The van der Waals surface area contributed by atoms with Gasteiger partial charge in [-0.2, -0.15) is 0 Å². The van der Waals surface area contributed by atoms with E-state index in [9.17, 15) is 4.79 Å². The number of aryl methyl sites for hydroxylation is 1. The number of nitrogens with one attached hydrogen (secondary N) is 2. The van der Waals surface area contributed by atoms with E-state index in [-0.39, 0.29) is 5.91 Å². The molecule has 0 radical (unpaired) electrons. The number of carbonyl (C=O) groups is 1. The second kappa shape index (κ2) is 9.25. The molecule has 1 saturated heterocycles. The molecule has 1 unspecified atom stereocenters. The van der Waals surface area contributed by atoms with E-state index in [1.54, 1.807) is 6.07 Å². The molecule has 0 bridgehead atoms. The van der Waals surface area contributed by atoms with Crippen LogP contribution >= 0.6 is 0 Å². The van der Waals surface area contributed by atoms with Crippen molar-refractivity contribution in [2.75, 3.05) is 31.5 Å². The molecule has 0 spiro atoms. The Morgan fingerprint density at radius 2 is 2.29 bits per heavy atom. The van der Waals surface area contributed by atoms with E-state index in [0.717, 1.165) is 31.3 Å². The van der Waals surface area contributed by atoms with Crippen LogP contribution in [0.15, 0.2) is 23.2 Å². The lowest BCUT2D eigenvalue weighted by Gasteiger charge is -2.33. The molecule has 1 aromatic heterocycles. The van der Waals surface area contributed by atoms with Crippen molar-refractivity contribution in [1.82, 2.24) is 15.2 Å². The number of carbonyl (C=O) groups excluding carboxylic acids is 1. The van der Waals surface area contributed by atoms with Gasteiger partial charge in [0.25, 0.3) is 0 Å². The summed E-state index contributed by atoms with van der Waals surface area (Å²) in [7, 11) is 0. The van der Waals surface area contributed by atoms with Crippen LogP contribution in [0.1, 0.15) is 38.8 Å². The minimum atomic E-state index is -0.0558. The fourth-order valence-corrected chi connectivity index (χ4v) is 2.89. The quantitative estimate of drug-likeness (QED) is 0.642. The van der Waals surface area contributed by atoms with Crippen LogP contribution in [0.3, 0.4) is 0 Å². The van der Waals surface area contributed by atoms with Gasteiger partial charge in [-0.05, 0) is 44.7 Å². The normalized spacial score (nSPS) is 18.4. The molecule has 1 atom stereocenters. The standard InChI is InChI=1S/C18H29N5O/c1-4-19-18(23-12-6-7-14(2)13-23)20-11-10-17(24)22-16-9-5-8-15(3)21-16/h5,8-9,14H,4,6-7,10-13H2,1-3H3,(H,19,20)(H,21,22,24). The number of guanidine groups is 1. The Morgan fingerprint density at radius 1 is 1.46 bits per heavy atom. The van der Waals surface area contributed by atoms with Gasteiger partial charge in [-0.25, -0.2) is 4.98 Å². The van der Waals surface area contributed by atoms with E-state index >= 15 is 0 Å². The van der Waals surface area contributed by atoms with Crippen LogP contribution < -0.4 is 10.6 Å². The summed E-state index contributed by atoms with van der Waals surface area (Å²) in [5.41, 5.74) is 0.888. The molecular formula is C18H29N5O. The van der Waals surface area contributed by atoms with Crippen LogP contribution in [0.25, 0.3) is 0 Å². The zero-order valence-corrected chi connectivity index (χ0v) is 15.0. The van der Waals surface area contributed by atoms with Crippen molar-refractivity contribution in [2.45, 2.75) is 40.0 Å². The minimum Gasteiger partial charge on any atom is -0.357 e. The molecule has 1 aromatic rings. The topological polar surface area (TPSA) is 69.6 Å². The molecule has 0 saturated carbocycles. The first-order chi connectivity index (χ1) is 11.6. The minimum absolute atomic E-state index is 0.0558. The molecule has 1 fully saturated rings. The number of rotatable bonds is 5. The number of aliphatic imine (C=N–C) groups is 1. The van der Waals surface area contributed by atoms with Crippen LogP contribution in [0.4, 0.5) is 5.82 Å². The average molecular weight is 331 g/mol. The van der Waals surface area contributed by atoms with Crippen molar-refractivity contribution in [3.63, 3.8) is 0 Å². The molecule has 2 heterocycles. The molecular weight excluding hydrogens is 302 g/mol. The number of hydrogen-bond acceptors (Lipinski definition) is 3. The summed E-state index contributed by atoms with van der Waals surface area (Å²) in [5, 5.41) is 6.16. The van der Waals surface area contributed by atoms with Gasteiger partial charge in [0, 0.05) is 31.7 Å². The highest BCUT2D eigenvalue weighted by Crippen LogP contribution is 2.15.